The summed E-state index contributed by atoms with van der Waals surface area (Å²) in [4.78, 5) is 25.3. The van der Waals surface area contributed by atoms with Gasteiger partial charge in [0.2, 0.25) is 0 Å². The van der Waals surface area contributed by atoms with Crippen LogP contribution in [-0.2, 0) is 23.8 Å². The SMILES string of the molecule is CC/C=C\C/C=C\C/C=C\C/C=C\C/C=C\CCCCOCC(COC(=O)CCCCCCC/C=C\CCCCCCCC)OC(=O)CC/C=C\C/C=C\C/C=C\C/C=C\CC. The fourth-order valence-electron chi connectivity index (χ4n) is 6.31. The molecule has 0 saturated carbocycles. The predicted octanol–water partition coefficient (Wildman–Crippen LogP) is 17.0. The lowest BCUT2D eigenvalue weighted by Crippen LogP contribution is -2.30. The first-order valence-electron chi connectivity index (χ1n) is 25.1. The summed E-state index contributed by atoms with van der Waals surface area (Å²) in [7, 11) is 0. The molecule has 0 aromatic heterocycles. The summed E-state index contributed by atoms with van der Waals surface area (Å²) in [6, 6.07) is 0. The van der Waals surface area contributed by atoms with Crippen LogP contribution in [0, 0.1) is 0 Å². The van der Waals surface area contributed by atoms with Crippen molar-refractivity contribution in [1.29, 1.82) is 0 Å². The largest absolute Gasteiger partial charge is 0.462 e. The molecule has 5 heteroatoms. The second kappa shape index (κ2) is 51.6. The Morgan fingerprint density at radius 2 is 0.758 bits per heavy atom. The maximum absolute atomic E-state index is 12.7. The second-order valence-electron chi connectivity index (χ2n) is 15.9. The lowest BCUT2D eigenvalue weighted by atomic mass is 10.1. The van der Waals surface area contributed by atoms with E-state index in [-0.39, 0.29) is 31.6 Å². The average molecular weight is 857 g/mol. The first kappa shape index (κ1) is 58.3. The van der Waals surface area contributed by atoms with Gasteiger partial charge >= 0.3 is 11.9 Å². The average Bonchev–Trinajstić information content (AvgIpc) is 3.27. The Kier molecular flexibility index (Phi) is 48.6. The molecule has 1 unspecified atom stereocenters. The zero-order valence-electron chi connectivity index (χ0n) is 40.1. The molecule has 0 rings (SSSR count). The standard InChI is InChI=1S/C57H92O5/c1-4-7-10-13-16-19-22-25-27-28-29-31-34-37-40-43-46-49-52-60-53-55(62-57(59)51-48-45-42-39-36-32-24-21-18-15-12-9-6-3)54-61-56(58)50-47-44-41-38-35-33-30-26-23-20-17-14-11-8-5-2/h7,9-10,12,16,18-19,21,25-27,29-32,36-37,40,42,45,55H,4-6,8,11,13-15,17,20,22-24,28,33-35,38-39,41,43-44,46-54H2,1-3H3/b10-7-,12-9-,19-16-,21-18-,27-25-,30-26-,31-29-,36-32-,40-37-,45-42-. The van der Waals surface area contributed by atoms with E-state index in [0.717, 1.165) is 103 Å². The number of ether oxygens (including phenoxy) is 3. The summed E-state index contributed by atoms with van der Waals surface area (Å²) in [5.41, 5.74) is 0. The van der Waals surface area contributed by atoms with E-state index >= 15 is 0 Å². The molecule has 0 saturated heterocycles. The second-order valence-corrected chi connectivity index (χ2v) is 15.9. The Hall–Kier alpha value is -3.70. The van der Waals surface area contributed by atoms with Crippen LogP contribution in [0.5, 0.6) is 0 Å². The van der Waals surface area contributed by atoms with E-state index in [1.807, 2.05) is 6.08 Å². The van der Waals surface area contributed by atoms with Crippen LogP contribution in [0.15, 0.2) is 122 Å². The third-order valence-electron chi connectivity index (χ3n) is 9.98. The highest BCUT2D eigenvalue weighted by Gasteiger charge is 2.17. The van der Waals surface area contributed by atoms with Crippen molar-refractivity contribution < 1.29 is 23.8 Å². The molecular weight excluding hydrogens is 765 g/mol. The van der Waals surface area contributed by atoms with Crippen LogP contribution in [0.4, 0.5) is 0 Å². The Balaban J connectivity index is 4.47. The van der Waals surface area contributed by atoms with Crippen LogP contribution in [0.2, 0.25) is 0 Å². The Morgan fingerprint density at radius 3 is 1.24 bits per heavy atom. The number of rotatable bonds is 44. The molecule has 1 atom stereocenters. The molecule has 0 aliphatic rings. The smallest absolute Gasteiger partial charge is 0.306 e. The Labute approximate surface area is 382 Å². The van der Waals surface area contributed by atoms with E-state index in [9.17, 15) is 9.59 Å². The molecule has 0 fully saturated rings. The molecule has 0 N–H and O–H groups in total. The lowest BCUT2D eigenvalue weighted by Gasteiger charge is -2.18. The molecule has 62 heavy (non-hydrogen) atoms. The number of hydrogen-bond acceptors (Lipinski definition) is 5. The third kappa shape index (κ3) is 49.0. The number of esters is 2. The monoisotopic (exact) mass is 857 g/mol. The number of carbonyl (C=O) groups excluding carboxylic acids is 2. The summed E-state index contributed by atoms with van der Waals surface area (Å²) in [5.74, 6) is -0.534. The molecule has 0 heterocycles. The zero-order chi connectivity index (χ0) is 44.9. The highest BCUT2D eigenvalue weighted by atomic mass is 16.6. The molecule has 0 radical (unpaired) electrons. The van der Waals surface area contributed by atoms with Crippen LogP contribution < -0.4 is 0 Å². The highest BCUT2D eigenvalue weighted by Crippen LogP contribution is 2.11. The molecule has 0 aromatic rings. The number of unbranched alkanes of at least 4 members (excludes halogenated alkanes) is 13. The van der Waals surface area contributed by atoms with Gasteiger partial charge in [-0.05, 0) is 116 Å². The van der Waals surface area contributed by atoms with Crippen LogP contribution >= 0.6 is 0 Å². The fraction of sp³-hybridized carbons (Fsp3) is 0.614. The van der Waals surface area contributed by atoms with Gasteiger partial charge in [-0.3, -0.25) is 9.59 Å². The molecule has 0 bridgehead atoms. The van der Waals surface area contributed by atoms with Gasteiger partial charge in [0.05, 0.1) is 6.61 Å². The Morgan fingerprint density at radius 1 is 0.371 bits per heavy atom. The zero-order valence-corrected chi connectivity index (χ0v) is 40.1. The third-order valence-corrected chi connectivity index (χ3v) is 9.98. The van der Waals surface area contributed by atoms with Gasteiger partial charge in [-0.2, -0.15) is 0 Å². The first-order valence-corrected chi connectivity index (χ1v) is 25.1. The van der Waals surface area contributed by atoms with Crippen molar-refractivity contribution in [2.75, 3.05) is 19.8 Å². The molecule has 0 aromatic carbocycles. The summed E-state index contributed by atoms with van der Waals surface area (Å²) in [6.07, 6.45) is 72.3. The van der Waals surface area contributed by atoms with Crippen molar-refractivity contribution in [3.8, 4) is 0 Å². The minimum Gasteiger partial charge on any atom is -0.462 e. The minimum atomic E-state index is -0.607. The maximum atomic E-state index is 12.7. The van der Waals surface area contributed by atoms with E-state index in [2.05, 4.69) is 136 Å². The summed E-state index contributed by atoms with van der Waals surface area (Å²) in [6.45, 7) is 7.38. The number of carbonyl (C=O) groups is 2. The topological polar surface area (TPSA) is 61.8 Å². The Bertz CT molecular complexity index is 1290. The van der Waals surface area contributed by atoms with Crippen molar-refractivity contribution >= 4 is 11.9 Å². The van der Waals surface area contributed by atoms with Crippen molar-refractivity contribution in [3.63, 3.8) is 0 Å². The van der Waals surface area contributed by atoms with Crippen molar-refractivity contribution in [2.24, 2.45) is 0 Å². The van der Waals surface area contributed by atoms with E-state index in [1.54, 1.807) is 0 Å². The molecule has 0 spiro atoms. The van der Waals surface area contributed by atoms with Gasteiger partial charge in [0.1, 0.15) is 6.61 Å². The van der Waals surface area contributed by atoms with Gasteiger partial charge in [0.15, 0.2) is 6.10 Å². The molecular formula is C57H92O5. The van der Waals surface area contributed by atoms with Crippen molar-refractivity contribution in [1.82, 2.24) is 0 Å². The molecule has 0 aliphatic carbocycles. The summed E-state index contributed by atoms with van der Waals surface area (Å²) < 4.78 is 17.2. The molecule has 5 nitrogen and oxygen atoms in total. The minimum absolute atomic E-state index is 0.0274. The van der Waals surface area contributed by atoms with Gasteiger partial charge in [0.25, 0.3) is 0 Å². The lowest BCUT2D eigenvalue weighted by molar-refractivity contribution is -0.162. The van der Waals surface area contributed by atoms with Gasteiger partial charge in [-0.15, -0.1) is 0 Å². The van der Waals surface area contributed by atoms with E-state index in [4.69, 9.17) is 14.2 Å². The van der Waals surface area contributed by atoms with Gasteiger partial charge in [-0.1, -0.05) is 194 Å². The van der Waals surface area contributed by atoms with Crippen LogP contribution in [0.3, 0.4) is 0 Å². The number of allylic oxidation sites excluding steroid dienone is 20. The van der Waals surface area contributed by atoms with Crippen molar-refractivity contribution in [2.45, 2.75) is 207 Å². The van der Waals surface area contributed by atoms with Crippen LogP contribution in [-0.4, -0.2) is 37.9 Å². The van der Waals surface area contributed by atoms with Crippen molar-refractivity contribution in [3.05, 3.63) is 122 Å². The maximum Gasteiger partial charge on any atom is 0.306 e. The van der Waals surface area contributed by atoms with Gasteiger partial charge in [0, 0.05) is 19.4 Å². The highest BCUT2D eigenvalue weighted by molar-refractivity contribution is 5.70. The van der Waals surface area contributed by atoms with E-state index in [1.165, 1.54) is 57.8 Å². The predicted molar refractivity (Wildman–Crippen MR) is 269 cm³/mol. The fourth-order valence-corrected chi connectivity index (χ4v) is 6.31. The summed E-state index contributed by atoms with van der Waals surface area (Å²) >= 11 is 0. The van der Waals surface area contributed by atoms with Crippen LogP contribution in [0.1, 0.15) is 201 Å². The van der Waals surface area contributed by atoms with E-state index < -0.39 is 6.10 Å². The van der Waals surface area contributed by atoms with Crippen LogP contribution in [0.25, 0.3) is 0 Å². The quantitative estimate of drug-likeness (QED) is 0.0347. The molecule has 0 aliphatic heterocycles. The molecule has 350 valence electrons. The van der Waals surface area contributed by atoms with Gasteiger partial charge < -0.3 is 14.2 Å². The summed E-state index contributed by atoms with van der Waals surface area (Å²) in [5, 5.41) is 0. The molecule has 0 amide bonds. The normalized spacial score (nSPS) is 13.3. The van der Waals surface area contributed by atoms with E-state index in [0.29, 0.717) is 19.4 Å². The first-order chi connectivity index (χ1) is 30.6. The van der Waals surface area contributed by atoms with Gasteiger partial charge in [-0.25, -0.2) is 0 Å². The number of hydrogen-bond donors (Lipinski definition) is 0.